The van der Waals surface area contributed by atoms with Gasteiger partial charge in [0.2, 0.25) is 5.95 Å². The SMILES string of the molecule is CCCNc1nc(C)cc(-c2ccccc2C2CCC2)n1. The maximum Gasteiger partial charge on any atom is 0.223 e. The molecule has 2 aromatic rings. The van der Waals surface area contributed by atoms with Crippen LogP contribution in [0.25, 0.3) is 11.3 Å². The molecular weight excluding hydrogens is 258 g/mol. The van der Waals surface area contributed by atoms with E-state index in [0.717, 1.165) is 30.3 Å². The summed E-state index contributed by atoms with van der Waals surface area (Å²) in [6.45, 7) is 5.09. The summed E-state index contributed by atoms with van der Waals surface area (Å²) in [6.07, 6.45) is 5.04. The van der Waals surface area contributed by atoms with E-state index in [0.29, 0.717) is 5.92 Å². The molecule has 1 aromatic carbocycles. The lowest BCUT2D eigenvalue weighted by molar-refractivity contribution is 0.420. The van der Waals surface area contributed by atoms with Crippen molar-refractivity contribution in [1.29, 1.82) is 0 Å². The third kappa shape index (κ3) is 3.07. The molecule has 21 heavy (non-hydrogen) atoms. The number of aryl methyl sites for hydroxylation is 1. The number of benzene rings is 1. The van der Waals surface area contributed by atoms with E-state index in [9.17, 15) is 0 Å². The second-order valence-corrected chi connectivity index (χ2v) is 5.86. The van der Waals surface area contributed by atoms with Crippen LogP contribution < -0.4 is 5.32 Å². The van der Waals surface area contributed by atoms with Gasteiger partial charge in [-0.05, 0) is 43.7 Å². The molecule has 0 bridgehead atoms. The lowest BCUT2D eigenvalue weighted by Crippen LogP contribution is -2.11. The second-order valence-electron chi connectivity index (χ2n) is 5.86. The van der Waals surface area contributed by atoms with Crippen LogP contribution in [0.1, 0.15) is 49.8 Å². The minimum atomic E-state index is 0.712. The maximum absolute atomic E-state index is 4.72. The van der Waals surface area contributed by atoms with E-state index >= 15 is 0 Å². The molecule has 1 fully saturated rings. The quantitative estimate of drug-likeness (QED) is 0.874. The van der Waals surface area contributed by atoms with Gasteiger partial charge in [0.25, 0.3) is 0 Å². The normalized spacial score (nSPS) is 14.8. The first-order chi connectivity index (χ1) is 10.3. The van der Waals surface area contributed by atoms with Gasteiger partial charge < -0.3 is 5.32 Å². The van der Waals surface area contributed by atoms with Crippen LogP contribution in [0.5, 0.6) is 0 Å². The Morgan fingerprint density at radius 1 is 1.19 bits per heavy atom. The summed E-state index contributed by atoms with van der Waals surface area (Å²) in [5.41, 5.74) is 4.78. The molecule has 110 valence electrons. The zero-order valence-corrected chi connectivity index (χ0v) is 12.9. The fourth-order valence-electron chi connectivity index (χ4n) is 2.83. The summed E-state index contributed by atoms with van der Waals surface area (Å²) in [7, 11) is 0. The highest BCUT2D eigenvalue weighted by Crippen LogP contribution is 2.40. The van der Waals surface area contributed by atoms with Gasteiger partial charge in [-0.1, -0.05) is 37.6 Å². The first kappa shape index (κ1) is 14.1. The van der Waals surface area contributed by atoms with Gasteiger partial charge in [0.15, 0.2) is 0 Å². The number of aromatic nitrogens is 2. The van der Waals surface area contributed by atoms with E-state index in [1.54, 1.807) is 0 Å². The van der Waals surface area contributed by atoms with Gasteiger partial charge in [0.05, 0.1) is 5.69 Å². The van der Waals surface area contributed by atoms with Gasteiger partial charge in [-0.3, -0.25) is 0 Å². The van der Waals surface area contributed by atoms with Crippen molar-refractivity contribution in [3.8, 4) is 11.3 Å². The fraction of sp³-hybridized carbons (Fsp3) is 0.444. The minimum Gasteiger partial charge on any atom is -0.354 e. The molecule has 0 saturated heterocycles. The Labute approximate surface area is 126 Å². The van der Waals surface area contributed by atoms with Crippen LogP contribution in [0.4, 0.5) is 5.95 Å². The van der Waals surface area contributed by atoms with Crippen molar-refractivity contribution in [3.63, 3.8) is 0 Å². The first-order valence-corrected chi connectivity index (χ1v) is 7.96. The summed E-state index contributed by atoms with van der Waals surface area (Å²) in [5.74, 6) is 1.46. The molecule has 1 aliphatic rings. The molecule has 1 aliphatic carbocycles. The average Bonchev–Trinajstić information content (AvgIpc) is 2.43. The number of hydrogen-bond acceptors (Lipinski definition) is 3. The summed E-state index contributed by atoms with van der Waals surface area (Å²) in [6, 6.07) is 10.8. The molecule has 0 aliphatic heterocycles. The minimum absolute atomic E-state index is 0.712. The van der Waals surface area contributed by atoms with E-state index in [1.165, 1.54) is 30.4 Å². The Bertz CT molecular complexity index is 618. The van der Waals surface area contributed by atoms with Crippen molar-refractivity contribution in [3.05, 3.63) is 41.6 Å². The zero-order valence-electron chi connectivity index (χ0n) is 12.9. The molecule has 1 saturated carbocycles. The number of rotatable bonds is 5. The van der Waals surface area contributed by atoms with Crippen molar-refractivity contribution < 1.29 is 0 Å². The fourth-order valence-corrected chi connectivity index (χ4v) is 2.83. The third-order valence-corrected chi connectivity index (χ3v) is 4.17. The molecule has 0 radical (unpaired) electrons. The molecule has 1 N–H and O–H groups in total. The molecule has 3 heteroatoms. The molecule has 0 spiro atoms. The Morgan fingerprint density at radius 2 is 2.00 bits per heavy atom. The summed E-state index contributed by atoms with van der Waals surface area (Å²) in [5, 5.41) is 3.30. The van der Waals surface area contributed by atoms with Crippen molar-refractivity contribution >= 4 is 5.95 Å². The van der Waals surface area contributed by atoms with E-state index < -0.39 is 0 Å². The Balaban J connectivity index is 1.97. The highest BCUT2D eigenvalue weighted by molar-refractivity contribution is 5.66. The van der Waals surface area contributed by atoms with E-state index in [1.807, 2.05) is 6.92 Å². The number of anilines is 1. The lowest BCUT2D eigenvalue weighted by atomic mass is 9.78. The van der Waals surface area contributed by atoms with Crippen LogP contribution >= 0.6 is 0 Å². The summed E-state index contributed by atoms with van der Waals surface area (Å²) < 4.78 is 0. The number of hydrogen-bond donors (Lipinski definition) is 1. The maximum atomic E-state index is 4.72. The second kappa shape index (κ2) is 6.25. The Morgan fingerprint density at radius 3 is 2.71 bits per heavy atom. The van der Waals surface area contributed by atoms with Gasteiger partial charge in [0.1, 0.15) is 0 Å². The zero-order chi connectivity index (χ0) is 14.7. The van der Waals surface area contributed by atoms with Crippen LogP contribution in [0.15, 0.2) is 30.3 Å². The van der Waals surface area contributed by atoms with Crippen LogP contribution in [-0.2, 0) is 0 Å². The molecule has 1 heterocycles. The van der Waals surface area contributed by atoms with Crippen LogP contribution in [0, 0.1) is 6.92 Å². The van der Waals surface area contributed by atoms with Crippen molar-refractivity contribution in [2.75, 3.05) is 11.9 Å². The smallest absolute Gasteiger partial charge is 0.223 e. The summed E-state index contributed by atoms with van der Waals surface area (Å²) in [4.78, 5) is 9.20. The van der Waals surface area contributed by atoms with E-state index in [2.05, 4.69) is 47.6 Å². The molecule has 1 aromatic heterocycles. The highest BCUT2D eigenvalue weighted by Gasteiger charge is 2.22. The van der Waals surface area contributed by atoms with Gasteiger partial charge in [0, 0.05) is 17.8 Å². The van der Waals surface area contributed by atoms with E-state index in [4.69, 9.17) is 4.98 Å². The van der Waals surface area contributed by atoms with Crippen molar-refractivity contribution in [2.45, 2.75) is 45.4 Å². The van der Waals surface area contributed by atoms with Gasteiger partial charge in [-0.15, -0.1) is 0 Å². The van der Waals surface area contributed by atoms with Gasteiger partial charge >= 0.3 is 0 Å². The number of nitrogens with zero attached hydrogens (tertiary/aromatic N) is 2. The molecular formula is C18H23N3. The predicted molar refractivity (Wildman–Crippen MR) is 87.6 cm³/mol. The first-order valence-electron chi connectivity index (χ1n) is 7.96. The van der Waals surface area contributed by atoms with Crippen LogP contribution in [0.2, 0.25) is 0 Å². The molecule has 3 nitrogen and oxygen atoms in total. The van der Waals surface area contributed by atoms with Gasteiger partial charge in [-0.2, -0.15) is 0 Å². The lowest BCUT2D eigenvalue weighted by Gasteiger charge is -2.27. The van der Waals surface area contributed by atoms with E-state index in [-0.39, 0.29) is 0 Å². The Hall–Kier alpha value is -1.90. The Kier molecular flexibility index (Phi) is 4.18. The van der Waals surface area contributed by atoms with Gasteiger partial charge in [-0.25, -0.2) is 9.97 Å². The van der Waals surface area contributed by atoms with Crippen LogP contribution in [-0.4, -0.2) is 16.5 Å². The molecule has 3 rings (SSSR count). The topological polar surface area (TPSA) is 37.8 Å². The molecule has 0 amide bonds. The largest absolute Gasteiger partial charge is 0.354 e. The standard InChI is InChI=1S/C18H23N3/c1-3-11-19-18-20-13(2)12-17(21-18)16-10-5-4-9-15(16)14-7-6-8-14/h4-5,9-10,12,14H,3,6-8,11H2,1-2H3,(H,19,20,21). The predicted octanol–water partition coefficient (Wildman–Crippen LogP) is 4.54. The number of nitrogens with one attached hydrogen (secondary N) is 1. The summed E-state index contributed by atoms with van der Waals surface area (Å²) >= 11 is 0. The molecule has 0 atom stereocenters. The third-order valence-electron chi connectivity index (χ3n) is 4.17. The van der Waals surface area contributed by atoms with Crippen molar-refractivity contribution in [2.24, 2.45) is 0 Å². The molecule has 0 unspecified atom stereocenters. The monoisotopic (exact) mass is 281 g/mol. The highest BCUT2D eigenvalue weighted by atomic mass is 15.1. The average molecular weight is 281 g/mol. The van der Waals surface area contributed by atoms with Crippen molar-refractivity contribution in [1.82, 2.24) is 9.97 Å². The van der Waals surface area contributed by atoms with Crippen LogP contribution in [0.3, 0.4) is 0 Å².